The molecule has 0 spiro atoms. The number of carbonyl (C=O) groups excluding carboxylic acids is 1. The van der Waals surface area contributed by atoms with E-state index in [0.717, 1.165) is 5.69 Å². The number of likely N-dealkylation sites (tertiary alicyclic amines) is 1. The Morgan fingerprint density at radius 3 is 2.92 bits per heavy atom. The lowest BCUT2D eigenvalue weighted by molar-refractivity contribution is -0.00237. The summed E-state index contributed by atoms with van der Waals surface area (Å²) < 4.78 is 12.4. The molecule has 1 aromatic carbocycles. The monoisotopic (exact) mass is 331 g/mol. The lowest BCUT2D eigenvalue weighted by Gasteiger charge is -2.14. The molecule has 1 aliphatic rings. The SMILES string of the molecule is CCO[C@H]1CN(C(=O)c2cnn(-c3ccccc3OC)c2)C[C@@H]1O. The fourth-order valence-corrected chi connectivity index (χ4v) is 2.87. The lowest BCUT2D eigenvalue weighted by atomic mass is 10.3. The first-order valence-corrected chi connectivity index (χ1v) is 7.91. The number of aliphatic hydroxyl groups is 1. The molecule has 24 heavy (non-hydrogen) atoms. The maximum Gasteiger partial charge on any atom is 0.257 e. The maximum absolute atomic E-state index is 12.6. The second-order valence-electron chi connectivity index (χ2n) is 5.62. The number of rotatable bonds is 5. The second-order valence-corrected chi connectivity index (χ2v) is 5.62. The van der Waals surface area contributed by atoms with Crippen LogP contribution in [-0.2, 0) is 4.74 Å². The first kappa shape index (κ1) is 16.5. The van der Waals surface area contributed by atoms with Gasteiger partial charge in [-0.15, -0.1) is 0 Å². The number of nitrogens with zero attached hydrogens (tertiary/aromatic N) is 3. The Balaban J connectivity index is 1.77. The van der Waals surface area contributed by atoms with Gasteiger partial charge in [0.05, 0.1) is 25.0 Å². The van der Waals surface area contributed by atoms with Gasteiger partial charge >= 0.3 is 0 Å². The van der Waals surface area contributed by atoms with E-state index in [1.165, 1.54) is 6.20 Å². The van der Waals surface area contributed by atoms with Gasteiger partial charge in [-0.25, -0.2) is 4.68 Å². The molecule has 1 saturated heterocycles. The highest BCUT2D eigenvalue weighted by Crippen LogP contribution is 2.22. The zero-order chi connectivity index (χ0) is 17.1. The van der Waals surface area contributed by atoms with Crippen molar-refractivity contribution in [3.63, 3.8) is 0 Å². The second kappa shape index (κ2) is 7.02. The molecule has 2 atom stereocenters. The number of carbonyl (C=O) groups is 1. The van der Waals surface area contributed by atoms with Crippen molar-refractivity contribution in [1.29, 1.82) is 0 Å². The van der Waals surface area contributed by atoms with Crippen LogP contribution in [0.4, 0.5) is 0 Å². The number of ether oxygens (including phenoxy) is 2. The molecule has 1 aliphatic heterocycles. The summed E-state index contributed by atoms with van der Waals surface area (Å²) in [5.41, 5.74) is 1.22. The van der Waals surface area contributed by atoms with Crippen LogP contribution in [0.5, 0.6) is 5.75 Å². The third-order valence-electron chi connectivity index (χ3n) is 4.07. The van der Waals surface area contributed by atoms with Crippen molar-refractivity contribution >= 4 is 5.91 Å². The molecule has 7 heteroatoms. The highest BCUT2D eigenvalue weighted by molar-refractivity contribution is 5.94. The molecule has 7 nitrogen and oxygen atoms in total. The number of benzene rings is 1. The number of aliphatic hydroxyl groups excluding tert-OH is 1. The normalized spacial score (nSPS) is 20.4. The molecule has 1 amide bonds. The van der Waals surface area contributed by atoms with Gasteiger partial charge in [-0.1, -0.05) is 12.1 Å². The molecule has 0 bridgehead atoms. The number of amides is 1. The van der Waals surface area contributed by atoms with E-state index in [9.17, 15) is 9.90 Å². The number of methoxy groups -OCH3 is 1. The Labute approximate surface area is 140 Å². The molecule has 0 saturated carbocycles. The van der Waals surface area contributed by atoms with Crippen LogP contribution in [0.1, 0.15) is 17.3 Å². The molecular weight excluding hydrogens is 310 g/mol. The molecule has 2 aromatic rings. The van der Waals surface area contributed by atoms with Crippen molar-refractivity contribution in [2.24, 2.45) is 0 Å². The van der Waals surface area contributed by atoms with Crippen LogP contribution in [0.2, 0.25) is 0 Å². The molecular formula is C17H21N3O4. The minimum Gasteiger partial charge on any atom is -0.494 e. The average molecular weight is 331 g/mol. The van der Waals surface area contributed by atoms with Gasteiger partial charge in [0.1, 0.15) is 17.5 Å². The van der Waals surface area contributed by atoms with Crippen LogP contribution >= 0.6 is 0 Å². The molecule has 2 heterocycles. The standard InChI is InChI=1S/C17H21N3O4/c1-3-24-16-11-19(10-14(16)21)17(22)12-8-18-20(9-12)13-6-4-5-7-15(13)23-2/h4-9,14,16,21H,3,10-11H2,1-2H3/t14-,16-/m0/s1. The van der Waals surface area contributed by atoms with Crippen LogP contribution < -0.4 is 4.74 Å². The summed E-state index contributed by atoms with van der Waals surface area (Å²) in [5.74, 6) is 0.505. The molecule has 3 rings (SSSR count). The summed E-state index contributed by atoms with van der Waals surface area (Å²) in [5, 5.41) is 14.2. The van der Waals surface area contributed by atoms with Crippen LogP contribution in [0.3, 0.4) is 0 Å². The summed E-state index contributed by atoms with van der Waals surface area (Å²) >= 11 is 0. The van der Waals surface area contributed by atoms with Crippen molar-refractivity contribution in [1.82, 2.24) is 14.7 Å². The summed E-state index contributed by atoms with van der Waals surface area (Å²) in [6.07, 6.45) is 2.21. The van der Waals surface area contributed by atoms with Gasteiger partial charge in [-0.05, 0) is 19.1 Å². The van der Waals surface area contributed by atoms with Gasteiger partial charge in [0.15, 0.2) is 0 Å². The third-order valence-corrected chi connectivity index (χ3v) is 4.07. The van der Waals surface area contributed by atoms with Crippen LogP contribution in [0, 0.1) is 0 Å². The fraction of sp³-hybridized carbons (Fsp3) is 0.412. The number of hydrogen-bond donors (Lipinski definition) is 1. The van der Waals surface area contributed by atoms with E-state index in [0.29, 0.717) is 24.5 Å². The van der Waals surface area contributed by atoms with Gasteiger partial charge in [-0.3, -0.25) is 4.79 Å². The largest absolute Gasteiger partial charge is 0.494 e. The van der Waals surface area contributed by atoms with Crippen LogP contribution in [0.25, 0.3) is 5.69 Å². The minimum absolute atomic E-state index is 0.169. The minimum atomic E-state index is -0.654. The number of β-amino-alcohol motifs (C(OH)–C–C–N with tert-alkyl or cyclic N) is 1. The Bertz CT molecular complexity index is 715. The highest BCUT2D eigenvalue weighted by atomic mass is 16.5. The zero-order valence-corrected chi connectivity index (χ0v) is 13.8. The van der Waals surface area contributed by atoms with E-state index in [1.54, 1.807) is 22.9 Å². The number of hydrogen-bond acceptors (Lipinski definition) is 5. The summed E-state index contributed by atoms with van der Waals surface area (Å²) in [6.45, 7) is 3.03. The predicted molar refractivity (Wildman–Crippen MR) is 87.4 cm³/mol. The quantitative estimate of drug-likeness (QED) is 0.888. The first-order valence-electron chi connectivity index (χ1n) is 7.91. The summed E-state index contributed by atoms with van der Waals surface area (Å²) in [7, 11) is 1.59. The lowest BCUT2D eigenvalue weighted by Crippen LogP contribution is -2.29. The van der Waals surface area contributed by atoms with Crippen LogP contribution in [-0.4, -0.2) is 64.7 Å². The molecule has 0 radical (unpaired) electrons. The molecule has 1 N–H and O–H groups in total. The van der Waals surface area contributed by atoms with Gasteiger partial charge in [0, 0.05) is 25.9 Å². The Kier molecular flexibility index (Phi) is 4.82. The van der Waals surface area contributed by atoms with Gasteiger partial charge in [0.2, 0.25) is 0 Å². The van der Waals surface area contributed by atoms with Crippen molar-refractivity contribution < 1.29 is 19.4 Å². The Hall–Kier alpha value is -2.38. The third kappa shape index (κ3) is 3.13. The molecule has 1 fully saturated rings. The van der Waals surface area contributed by atoms with E-state index in [2.05, 4.69) is 5.10 Å². The molecule has 0 unspecified atom stereocenters. The molecule has 0 aliphatic carbocycles. The number of para-hydroxylation sites is 2. The summed E-state index contributed by atoms with van der Waals surface area (Å²) in [6, 6.07) is 7.45. The summed E-state index contributed by atoms with van der Waals surface area (Å²) in [4.78, 5) is 14.2. The predicted octanol–water partition coefficient (Wildman–Crippen LogP) is 1.10. The Morgan fingerprint density at radius 2 is 2.17 bits per heavy atom. The zero-order valence-electron chi connectivity index (χ0n) is 13.8. The van der Waals surface area contributed by atoms with Crippen molar-refractivity contribution in [2.45, 2.75) is 19.1 Å². The van der Waals surface area contributed by atoms with Crippen molar-refractivity contribution in [3.05, 3.63) is 42.2 Å². The van der Waals surface area contributed by atoms with E-state index in [1.807, 2.05) is 31.2 Å². The molecule has 1 aromatic heterocycles. The van der Waals surface area contributed by atoms with Crippen molar-refractivity contribution in [3.8, 4) is 11.4 Å². The average Bonchev–Trinajstić information content (AvgIpc) is 3.22. The van der Waals surface area contributed by atoms with E-state index < -0.39 is 6.10 Å². The molecule has 128 valence electrons. The number of aromatic nitrogens is 2. The van der Waals surface area contributed by atoms with E-state index in [-0.39, 0.29) is 18.6 Å². The smallest absolute Gasteiger partial charge is 0.257 e. The van der Waals surface area contributed by atoms with Gasteiger partial charge < -0.3 is 19.5 Å². The topological polar surface area (TPSA) is 76.8 Å². The maximum atomic E-state index is 12.6. The highest BCUT2D eigenvalue weighted by Gasteiger charge is 2.35. The van der Waals surface area contributed by atoms with Crippen LogP contribution in [0.15, 0.2) is 36.7 Å². The van der Waals surface area contributed by atoms with E-state index >= 15 is 0 Å². The fourth-order valence-electron chi connectivity index (χ4n) is 2.87. The first-order chi connectivity index (χ1) is 11.6. The van der Waals surface area contributed by atoms with Gasteiger partial charge in [0.25, 0.3) is 5.91 Å². The van der Waals surface area contributed by atoms with E-state index in [4.69, 9.17) is 9.47 Å². The van der Waals surface area contributed by atoms with Crippen molar-refractivity contribution in [2.75, 3.05) is 26.8 Å². The van der Waals surface area contributed by atoms with Gasteiger partial charge in [-0.2, -0.15) is 5.10 Å². The Morgan fingerprint density at radius 1 is 1.38 bits per heavy atom.